The Labute approximate surface area is 622 Å². The molecule has 0 spiro atoms. The number of aliphatic hydroxyl groups excluding tert-OH is 2. The Bertz CT molecular complexity index is 4540. The number of imide groups is 1. The first-order chi connectivity index (χ1) is 50.5. The number of esters is 1. The number of urea groups is 1. The maximum absolute atomic E-state index is 15.3. The number of phenolic OH excluding ortho intramolecular Hbond substituents is 1. The van der Waals surface area contributed by atoms with E-state index in [0.29, 0.717) is 74.0 Å². The molecule has 4 bridgehead atoms. The molecule has 0 unspecified atom stereocenters. The number of hydrogen-bond donors (Lipinski definition) is 8. The summed E-state index contributed by atoms with van der Waals surface area (Å²) in [5.41, 5.74) is 5.01. The Kier molecular flexibility index (Phi) is 26.0. The number of carbonyl (C=O) groups excluding carboxylic acids is 8. The molecule has 107 heavy (non-hydrogen) atoms. The molecule has 9 rings (SSSR count). The molecule has 0 radical (unpaired) electrons. The molecule has 11 atom stereocenters. The first kappa shape index (κ1) is 81.1. The van der Waals surface area contributed by atoms with Crippen LogP contribution < -0.4 is 52.7 Å². The zero-order valence-corrected chi connectivity index (χ0v) is 63.7. The van der Waals surface area contributed by atoms with Crippen molar-refractivity contribution in [3.8, 4) is 11.5 Å². The Hall–Kier alpha value is -9.99. The van der Waals surface area contributed by atoms with Gasteiger partial charge in [-0.2, -0.15) is 0 Å². The average Bonchev–Trinajstić information content (AvgIpc) is 1.54. The number of Topliss-reactive ketones (excluding diaryl/α,β-unsaturated/α-hetero) is 1. The number of phenols is 1. The van der Waals surface area contributed by atoms with Crippen LogP contribution in [0.3, 0.4) is 0 Å². The van der Waals surface area contributed by atoms with Gasteiger partial charge < -0.3 is 75.1 Å². The molecule has 5 heterocycles. The Balaban J connectivity index is 0.942. The fraction of sp³-hybridized carbons (Fsp3) is 0.512. The lowest BCUT2D eigenvalue weighted by Gasteiger charge is -2.43. The molecule has 4 aliphatic heterocycles. The van der Waals surface area contributed by atoms with Crippen molar-refractivity contribution in [3.05, 3.63) is 121 Å². The number of nitrogens with two attached hydrogens (primary N) is 1. The van der Waals surface area contributed by atoms with Crippen LogP contribution in [0.1, 0.15) is 138 Å². The third-order valence-corrected chi connectivity index (χ3v) is 22.0. The molecule has 576 valence electrons. The van der Waals surface area contributed by atoms with Crippen LogP contribution in [0.4, 0.5) is 21.9 Å². The van der Waals surface area contributed by atoms with Gasteiger partial charge >= 0.3 is 17.8 Å². The lowest BCUT2D eigenvalue weighted by atomic mass is 9.73. The fourth-order valence-electron chi connectivity index (χ4n) is 15.1. The quantitative estimate of drug-likeness (QED) is 0.00756. The fourth-order valence-corrected chi connectivity index (χ4v) is 15.1. The van der Waals surface area contributed by atoms with Gasteiger partial charge in [0.15, 0.2) is 28.2 Å². The number of ketones is 1. The molecule has 27 nitrogen and oxygen atoms in total. The zero-order valence-electron chi connectivity index (χ0n) is 63.7. The number of benzene rings is 4. The lowest BCUT2D eigenvalue weighted by Crippen LogP contribution is -2.53. The van der Waals surface area contributed by atoms with Gasteiger partial charge in [-0.25, -0.2) is 9.78 Å². The summed E-state index contributed by atoms with van der Waals surface area (Å²) in [6, 6.07) is 9.16. The molecule has 27 heteroatoms. The highest BCUT2D eigenvalue weighted by atomic mass is 16.7. The zero-order chi connectivity index (χ0) is 78.3. The van der Waals surface area contributed by atoms with E-state index in [1.807, 2.05) is 60.6 Å². The number of aliphatic hydroxyl groups is 2. The smallest absolute Gasteiger partial charge is 0.312 e. The van der Waals surface area contributed by atoms with Crippen molar-refractivity contribution in [2.45, 2.75) is 177 Å². The van der Waals surface area contributed by atoms with Gasteiger partial charge in [0.25, 0.3) is 17.7 Å². The number of piperidine rings is 1. The number of fused-ring (bicyclic) bond motifs is 2. The number of ether oxygens (including phenoxy) is 4. The number of aromatic hydroxyl groups is 1. The Morgan fingerprint density at radius 3 is 2.20 bits per heavy atom. The molecule has 5 aromatic rings. The number of primary amides is 1. The van der Waals surface area contributed by atoms with Crippen LogP contribution >= 0.6 is 0 Å². The minimum atomic E-state index is -2.01. The number of nitrogens with zero attached hydrogens (tertiary/aromatic N) is 4. The first-order valence-electron chi connectivity index (χ1n) is 36.9. The number of nitrogens with one attached hydrogen (secondary N) is 4. The summed E-state index contributed by atoms with van der Waals surface area (Å²) in [6.07, 6.45) is 11.5. The highest BCUT2D eigenvalue weighted by molar-refractivity contribution is 6.17. The SMILES string of the molecule is CO[C@H]1/C=C/O[C@@]2(C)Oc3c(C)c(O)c4c(=O)c(c5oc6cc(N7CCC([N+](C)(C)Cc8ccc(NC(=O)[C@H](CCCNC(N)=O)CC(=O)[C@@H](NC(=O)CCCCCN9C(=O)C=CC9=O)C(C)C)cc8)CC7)cc(=O)c6nc5c4c3=C2O)NC(=O)/C(C)=C\C=C\[C@H](C)[C@H](O)[C@@H](C)[C@@H](C)[C@@H](C)[C@H](OC(C)=O)[C@@H]1C. The summed E-state index contributed by atoms with van der Waals surface area (Å²) in [5, 5.41) is 46.8. The molecule has 0 aliphatic carbocycles. The molecule has 1 aromatic heterocycles. The van der Waals surface area contributed by atoms with Crippen LogP contribution in [0.2, 0.25) is 0 Å². The van der Waals surface area contributed by atoms with E-state index < -0.39 is 99.8 Å². The monoisotopic (exact) mass is 1480 g/mol. The predicted octanol–water partition coefficient (Wildman–Crippen LogP) is 8.67. The van der Waals surface area contributed by atoms with Crippen LogP contribution in [0.15, 0.2) is 98.7 Å². The maximum atomic E-state index is 15.3. The van der Waals surface area contributed by atoms with Gasteiger partial charge in [-0.05, 0) is 81.4 Å². The number of amides is 7. The molecule has 4 aliphatic rings. The highest BCUT2D eigenvalue weighted by Crippen LogP contribution is 2.43. The van der Waals surface area contributed by atoms with E-state index in [1.54, 1.807) is 36.4 Å². The van der Waals surface area contributed by atoms with Crippen molar-refractivity contribution >= 4 is 103 Å². The van der Waals surface area contributed by atoms with Crippen molar-refractivity contribution in [2.24, 2.45) is 47.2 Å². The van der Waals surface area contributed by atoms with Crippen LogP contribution in [-0.2, 0) is 54.3 Å². The van der Waals surface area contributed by atoms with Crippen LogP contribution in [-0.4, -0.2) is 161 Å². The molecule has 1 saturated heterocycles. The Morgan fingerprint density at radius 2 is 1.55 bits per heavy atom. The van der Waals surface area contributed by atoms with Gasteiger partial charge in [-0.15, -0.1) is 0 Å². The number of aromatic nitrogens is 1. The molecule has 1 fully saturated rings. The molecule has 4 aromatic carbocycles. The maximum Gasteiger partial charge on any atom is 0.312 e. The second-order valence-corrected chi connectivity index (χ2v) is 30.3. The minimum absolute atomic E-state index is 0.0231. The van der Waals surface area contributed by atoms with Crippen molar-refractivity contribution < 1.29 is 81.5 Å². The molecule has 0 saturated carbocycles. The summed E-state index contributed by atoms with van der Waals surface area (Å²) in [5.74, 6) is -9.01. The van der Waals surface area contributed by atoms with Gasteiger partial charge in [-0.1, -0.05) is 85.2 Å². The number of carbonyl (C=O) groups is 8. The second-order valence-electron chi connectivity index (χ2n) is 30.3. The topological polar surface area (TPSA) is 375 Å². The predicted molar refractivity (Wildman–Crippen MR) is 405 cm³/mol. The van der Waals surface area contributed by atoms with E-state index in [4.69, 9.17) is 34.1 Å². The van der Waals surface area contributed by atoms with Crippen LogP contribution in [0.25, 0.3) is 38.7 Å². The molecule has 9 N–H and O–H groups in total. The Morgan fingerprint density at radius 1 is 0.869 bits per heavy atom. The van der Waals surface area contributed by atoms with E-state index in [0.717, 1.165) is 10.5 Å². The van der Waals surface area contributed by atoms with Gasteiger partial charge in [-0.3, -0.25) is 48.1 Å². The molecular formula is C80H104N9O18+. The summed E-state index contributed by atoms with van der Waals surface area (Å²) < 4.78 is 31.8. The van der Waals surface area contributed by atoms with Crippen molar-refractivity contribution in [3.63, 3.8) is 0 Å². The summed E-state index contributed by atoms with van der Waals surface area (Å²) in [6.45, 7) is 21.1. The first-order valence-corrected chi connectivity index (χ1v) is 36.9. The van der Waals surface area contributed by atoms with E-state index in [2.05, 4.69) is 40.3 Å². The number of hydrogen-bond acceptors (Lipinski definition) is 20. The van der Waals surface area contributed by atoms with Gasteiger partial charge in [0.1, 0.15) is 35.4 Å². The number of rotatable bonds is 23. The number of anilines is 3. The van der Waals surface area contributed by atoms with E-state index in [-0.39, 0.29) is 141 Å². The van der Waals surface area contributed by atoms with Crippen LogP contribution in [0.5, 0.6) is 11.5 Å². The van der Waals surface area contributed by atoms with E-state index in [1.165, 1.54) is 65.4 Å². The van der Waals surface area contributed by atoms with E-state index >= 15 is 4.79 Å². The number of quaternary nitrogens is 1. The van der Waals surface area contributed by atoms with Gasteiger partial charge in [0.05, 0.1) is 55.3 Å². The van der Waals surface area contributed by atoms with Crippen molar-refractivity contribution in [1.29, 1.82) is 0 Å². The van der Waals surface area contributed by atoms with Gasteiger partial charge in [0, 0.05) is 148 Å². The normalized spacial score (nSPS) is 24.2. The summed E-state index contributed by atoms with van der Waals surface area (Å²) >= 11 is 0. The average molecular weight is 1480 g/mol. The number of allylic oxidation sites excluding steroid dienone is 2. The van der Waals surface area contributed by atoms with Crippen molar-refractivity contribution in [2.75, 3.05) is 62.9 Å². The summed E-state index contributed by atoms with van der Waals surface area (Å²) in [7, 11) is 5.77. The third-order valence-electron chi connectivity index (χ3n) is 22.0. The third kappa shape index (κ3) is 18.4. The molecule has 7 amide bonds. The van der Waals surface area contributed by atoms with Crippen molar-refractivity contribution in [1.82, 2.24) is 20.5 Å². The largest absolute Gasteiger partial charge is 0.507 e. The second kappa shape index (κ2) is 34.3. The van der Waals surface area contributed by atoms with E-state index in [9.17, 15) is 58.5 Å². The standard InChI is InChI=1S/C80H103N9O18/c1-42(2)66(84-60(93)23-16-15-17-34-88-61(94)28-29-62(88)95)56(91)38-52(22-19-33-82-79(81)102)78(101)83-53-26-24-51(25-27-53)41-89(12,13)55-30-35-87(36-31-55)54-39-57(92)67-59(40-54)106-75-68(85-67)63-64-71(97)49(9)74-65(63)76(99)80(11,107-74)104-37-32-58(103-14)48(8)73(105-50(10)90)47(7)45(5)46(6)70(96)43(3)20-18-21-44(4)77(100)86-69(75)72(64)98/h18,20-21,24-29,32,37,39-40,42-43,45-48,52,55,58,66,70,73,96H,15-17,19,22-23,30-31,33-36,38,41H2,1-14H3,(H7-,81,82,83,84,85,86,92,93,94,95,97,98,99,100,101,102)/p+1/b20-18+,37-32+,44-21-/t43-,45+,46-,47+,48+,52+,58-,66-,70-,73-,80-/m0/s1. The number of unbranched alkanes of at least 4 members (excludes halogenated alkanes) is 2. The highest BCUT2D eigenvalue weighted by Gasteiger charge is 2.45. The van der Waals surface area contributed by atoms with Gasteiger partial charge in [0.2, 0.25) is 22.7 Å². The lowest BCUT2D eigenvalue weighted by molar-refractivity contribution is -0.928. The number of methoxy groups -OCH3 is 1. The minimum Gasteiger partial charge on any atom is -0.507 e. The molecular weight excluding hydrogens is 1370 g/mol. The summed E-state index contributed by atoms with van der Waals surface area (Å²) in [4.78, 5) is 141. The van der Waals surface area contributed by atoms with Crippen LogP contribution in [0, 0.1) is 48.3 Å².